The third kappa shape index (κ3) is 3.13. The molecule has 0 radical (unpaired) electrons. The maximum absolute atomic E-state index is 12.7. The molecule has 4 aromatic rings. The zero-order chi connectivity index (χ0) is 18.2. The molecule has 5 rings (SSSR count). The molecule has 1 fully saturated rings. The van der Waals surface area contributed by atoms with E-state index in [0.29, 0.717) is 23.5 Å². The highest BCUT2D eigenvalue weighted by atomic mass is 32.1. The molecule has 2 aromatic carbocycles. The van der Waals surface area contributed by atoms with Gasteiger partial charge in [-0.05, 0) is 37.1 Å². The minimum Gasteiger partial charge on any atom is -0.316 e. The largest absolute Gasteiger partial charge is 0.316 e. The van der Waals surface area contributed by atoms with E-state index in [9.17, 15) is 4.79 Å². The number of benzene rings is 2. The molecule has 1 unspecified atom stereocenters. The fourth-order valence-corrected chi connectivity index (χ4v) is 5.01. The first-order valence-corrected chi connectivity index (χ1v) is 10.1. The molecule has 0 bridgehead atoms. The second-order valence-corrected chi connectivity index (χ2v) is 8.19. The van der Waals surface area contributed by atoms with Gasteiger partial charge >= 0.3 is 0 Å². The predicted octanol–water partition coefficient (Wildman–Crippen LogP) is 1.82. The van der Waals surface area contributed by atoms with Gasteiger partial charge in [0, 0.05) is 0 Å². The van der Waals surface area contributed by atoms with Crippen molar-refractivity contribution in [2.24, 2.45) is 0 Å². The summed E-state index contributed by atoms with van der Waals surface area (Å²) >= 11 is 1.80. The smallest absolute Gasteiger partial charge is 0.282 e. The number of quaternary nitrogens is 1. The molecule has 0 spiro atoms. The van der Waals surface area contributed by atoms with E-state index in [1.807, 2.05) is 30.3 Å². The number of hydrogen-bond donors (Lipinski definition) is 1. The van der Waals surface area contributed by atoms with E-state index < -0.39 is 0 Å². The summed E-state index contributed by atoms with van der Waals surface area (Å²) in [5.41, 5.74) is 1.68. The molecule has 136 valence electrons. The van der Waals surface area contributed by atoms with E-state index in [1.54, 1.807) is 11.3 Å². The van der Waals surface area contributed by atoms with Crippen molar-refractivity contribution in [2.75, 3.05) is 13.1 Å². The minimum absolute atomic E-state index is 0.0600. The Labute approximate surface area is 160 Å². The lowest BCUT2D eigenvalue weighted by molar-refractivity contribution is -0.929. The lowest BCUT2D eigenvalue weighted by Gasteiger charge is -2.28. The Kier molecular flexibility index (Phi) is 4.18. The number of nitrogens with one attached hydrogen (secondary N) is 1. The topological polar surface area (TPSA) is 65.1 Å². The highest BCUT2D eigenvalue weighted by Crippen LogP contribution is 2.30. The van der Waals surface area contributed by atoms with Crippen LogP contribution in [-0.4, -0.2) is 33.1 Å². The average molecular weight is 378 g/mol. The zero-order valence-electron chi connectivity index (χ0n) is 14.8. The van der Waals surface area contributed by atoms with Gasteiger partial charge in [-0.3, -0.25) is 4.79 Å². The molecule has 0 saturated carbocycles. The van der Waals surface area contributed by atoms with Crippen LogP contribution in [0.25, 0.3) is 21.1 Å². The summed E-state index contributed by atoms with van der Waals surface area (Å²) in [6.45, 7) is 2.57. The van der Waals surface area contributed by atoms with Crippen LogP contribution in [0.1, 0.15) is 23.8 Å². The number of hydrogen-bond acceptors (Lipinski definition) is 5. The number of para-hydroxylation sites is 1. The first-order chi connectivity index (χ1) is 13.3. The Morgan fingerprint density at radius 1 is 1.11 bits per heavy atom. The van der Waals surface area contributed by atoms with Crippen molar-refractivity contribution in [3.63, 3.8) is 0 Å². The van der Waals surface area contributed by atoms with Crippen LogP contribution in [0.15, 0.2) is 53.3 Å². The van der Waals surface area contributed by atoms with Gasteiger partial charge in [-0.25, -0.2) is 4.98 Å². The fourth-order valence-electron chi connectivity index (χ4n) is 3.91. The van der Waals surface area contributed by atoms with Gasteiger partial charge in [0.15, 0.2) is 6.67 Å². The van der Waals surface area contributed by atoms with Crippen LogP contribution >= 0.6 is 11.3 Å². The molecule has 1 aliphatic heterocycles. The number of rotatable bonds is 3. The second-order valence-electron chi connectivity index (χ2n) is 7.13. The number of thiazole rings is 1. The van der Waals surface area contributed by atoms with Gasteiger partial charge in [-0.2, -0.15) is 4.68 Å². The normalized spacial score (nSPS) is 20.3. The van der Waals surface area contributed by atoms with Crippen molar-refractivity contribution in [1.29, 1.82) is 0 Å². The first kappa shape index (κ1) is 16.5. The summed E-state index contributed by atoms with van der Waals surface area (Å²) in [5.74, 6) is 0.440. The molecule has 1 aliphatic rings. The van der Waals surface area contributed by atoms with Gasteiger partial charge in [0.05, 0.1) is 34.6 Å². The van der Waals surface area contributed by atoms with Crippen LogP contribution in [0.5, 0.6) is 0 Å². The summed E-state index contributed by atoms with van der Waals surface area (Å²) in [6, 6.07) is 15.7. The number of nitrogens with zero attached hydrogens (tertiary/aromatic N) is 4. The van der Waals surface area contributed by atoms with Crippen molar-refractivity contribution in [2.45, 2.75) is 25.4 Å². The van der Waals surface area contributed by atoms with E-state index in [-0.39, 0.29) is 5.56 Å². The molecule has 1 saturated heterocycles. The molecule has 2 atom stereocenters. The monoisotopic (exact) mass is 378 g/mol. The van der Waals surface area contributed by atoms with Crippen molar-refractivity contribution in [1.82, 2.24) is 20.0 Å². The predicted molar refractivity (Wildman–Crippen MR) is 106 cm³/mol. The number of fused-ring (bicyclic) bond motifs is 2. The maximum atomic E-state index is 12.7. The van der Waals surface area contributed by atoms with Crippen LogP contribution in [0.4, 0.5) is 0 Å². The zero-order valence-corrected chi connectivity index (χ0v) is 15.7. The Morgan fingerprint density at radius 3 is 2.81 bits per heavy atom. The maximum Gasteiger partial charge on any atom is 0.282 e. The highest BCUT2D eigenvalue weighted by Gasteiger charge is 2.27. The van der Waals surface area contributed by atoms with Crippen molar-refractivity contribution >= 4 is 32.5 Å². The Bertz CT molecular complexity index is 1130. The fraction of sp³-hybridized carbons (Fsp3) is 0.300. The highest BCUT2D eigenvalue weighted by molar-refractivity contribution is 7.18. The SMILES string of the molecule is O=c1c2ccccc2nnn1C[NH+]1CCC[C@@H](c2nc3ccccc3s2)C1. The second kappa shape index (κ2) is 6.83. The molecular weight excluding hydrogens is 358 g/mol. The van der Waals surface area contributed by atoms with Gasteiger partial charge < -0.3 is 4.90 Å². The lowest BCUT2D eigenvalue weighted by Crippen LogP contribution is -3.13. The van der Waals surface area contributed by atoms with Crippen molar-refractivity contribution in [3.05, 3.63) is 63.9 Å². The number of piperidine rings is 1. The van der Waals surface area contributed by atoms with E-state index in [2.05, 4.69) is 28.5 Å². The van der Waals surface area contributed by atoms with E-state index in [4.69, 9.17) is 4.98 Å². The quantitative estimate of drug-likeness (QED) is 0.591. The van der Waals surface area contributed by atoms with Crippen LogP contribution < -0.4 is 10.5 Å². The van der Waals surface area contributed by atoms with Gasteiger partial charge in [0.1, 0.15) is 10.5 Å². The van der Waals surface area contributed by atoms with E-state index in [0.717, 1.165) is 31.4 Å². The van der Waals surface area contributed by atoms with E-state index >= 15 is 0 Å². The van der Waals surface area contributed by atoms with Gasteiger partial charge in [-0.15, -0.1) is 16.4 Å². The summed E-state index contributed by atoms with van der Waals surface area (Å²) in [5, 5.41) is 10.2. The summed E-state index contributed by atoms with van der Waals surface area (Å²) in [4.78, 5) is 18.9. The third-order valence-corrected chi connectivity index (χ3v) is 6.48. The van der Waals surface area contributed by atoms with Gasteiger partial charge in [0.2, 0.25) is 0 Å². The minimum atomic E-state index is -0.0600. The first-order valence-electron chi connectivity index (χ1n) is 9.29. The van der Waals surface area contributed by atoms with Crippen molar-refractivity contribution in [3.8, 4) is 0 Å². The Morgan fingerprint density at radius 2 is 1.93 bits per heavy atom. The van der Waals surface area contributed by atoms with Crippen LogP contribution in [0.2, 0.25) is 0 Å². The number of likely N-dealkylation sites (tertiary alicyclic amines) is 1. The van der Waals surface area contributed by atoms with Crippen molar-refractivity contribution < 1.29 is 4.90 Å². The molecule has 3 heterocycles. The summed E-state index contributed by atoms with van der Waals surface area (Å²) in [7, 11) is 0. The van der Waals surface area contributed by atoms with Gasteiger partial charge in [-0.1, -0.05) is 29.5 Å². The molecule has 0 amide bonds. The summed E-state index contributed by atoms with van der Waals surface area (Å²) in [6.07, 6.45) is 2.29. The van der Waals surface area contributed by atoms with E-state index in [1.165, 1.54) is 19.3 Å². The van der Waals surface area contributed by atoms with Gasteiger partial charge in [0.25, 0.3) is 5.56 Å². The molecular formula is C20H20N5OS+. The molecule has 7 heteroatoms. The lowest BCUT2D eigenvalue weighted by atomic mass is 9.99. The average Bonchev–Trinajstić information content (AvgIpc) is 3.15. The standard InChI is InChI=1S/C20H19N5OS/c26-20-15-7-1-2-8-16(15)22-23-25(20)13-24-11-5-6-14(12-24)19-21-17-9-3-4-10-18(17)27-19/h1-4,7-10,14H,5-6,11-13H2/p+1/t14-/m1/s1. The molecule has 6 nitrogen and oxygen atoms in total. The third-order valence-electron chi connectivity index (χ3n) is 5.28. The van der Waals surface area contributed by atoms with Crippen LogP contribution in [0, 0.1) is 0 Å². The molecule has 1 N–H and O–H groups in total. The van der Waals surface area contributed by atoms with Crippen LogP contribution in [0.3, 0.4) is 0 Å². The van der Waals surface area contributed by atoms with Crippen LogP contribution in [-0.2, 0) is 6.67 Å². The Balaban J connectivity index is 1.38. The summed E-state index contributed by atoms with van der Waals surface area (Å²) < 4.78 is 2.76. The Hall–Kier alpha value is -2.64. The molecule has 27 heavy (non-hydrogen) atoms. The number of aromatic nitrogens is 4. The molecule has 2 aromatic heterocycles. The molecule has 0 aliphatic carbocycles.